The third kappa shape index (κ3) is 2.75. The van der Waals surface area contributed by atoms with Crippen LogP contribution < -0.4 is 0 Å². The number of likely N-dealkylation sites (tertiary alicyclic amines) is 1. The standard InChI is InChI=1S/C22H24N2O2S/c1-14(25)18-7-8-19(27-18)22(26)24-13-17(15-5-3-2-4-6-15)21-20(24)16-9-11-23(21)12-10-16/h2-8,16-17,20-21H,9-13H2,1H3/t17-,20+,21+/m0/s1. The minimum absolute atomic E-state index is 0.0309. The van der Waals surface area contributed by atoms with Gasteiger partial charge < -0.3 is 4.90 Å². The molecule has 27 heavy (non-hydrogen) atoms. The van der Waals surface area contributed by atoms with Gasteiger partial charge in [0.05, 0.1) is 15.8 Å². The van der Waals surface area contributed by atoms with E-state index >= 15 is 0 Å². The van der Waals surface area contributed by atoms with E-state index in [0.717, 1.165) is 19.6 Å². The Kier molecular flexibility index (Phi) is 4.17. The molecule has 1 aromatic carbocycles. The molecule has 5 heteroatoms. The van der Waals surface area contributed by atoms with Crippen molar-refractivity contribution in [1.82, 2.24) is 9.80 Å². The van der Waals surface area contributed by atoms with E-state index in [1.807, 2.05) is 6.07 Å². The first-order valence-electron chi connectivity index (χ1n) is 9.84. The second-order valence-electron chi connectivity index (χ2n) is 8.05. The lowest BCUT2D eigenvalue weighted by Crippen LogP contribution is -2.60. The number of carbonyl (C=O) groups is 2. The SMILES string of the molecule is CC(=O)c1ccc(C(=O)N2C[C@@H](c3ccccc3)[C@@H]3[C@H]2C2CCN3CC2)s1. The monoisotopic (exact) mass is 380 g/mol. The number of piperidine rings is 3. The quantitative estimate of drug-likeness (QED) is 0.763. The Morgan fingerprint density at radius 3 is 2.33 bits per heavy atom. The van der Waals surface area contributed by atoms with Crippen molar-refractivity contribution in [3.8, 4) is 0 Å². The first-order valence-corrected chi connectivity index (χ1v) is 10.7. The van der Waals surface area contributed by atoms with Crippen molar-refractivity contribution in [2.75, 3.05) is 19.6 Å². The Morgan fingerprint density at radius 2 is 1.67 bits per heavy atom. The van der Waals surface area contributed by atoms with Crippen LogP contribution in [0, 0.1) is 5.92 Å². The summed E-state index contributed by atoms with van der Waals surface area (Å²) < 4.78 is 0. The van der Waals surface area contributed by atoms with E-state index in [2.05, 4.69) is 40.1 Å². The van der Waals surface area contributed by atoms with Gasteiger partial charge in [-0.2, -0.15) is 0 Å². The minimum atomic E-state index is 0.0309. The van der Waals surface area contributed by atoms with Crippen LogP contribution in [0.25, 0.3) is 0 Å². The second kappa shape index (κ2) is 6.57. The van der Waals surface area contributed by atoms with Gasteiger partial charge >= 0.3 is 0 Å². The van der Waals surface area contributed by atoms with Gasteiger partial charge in [0.25, 0.3) is 5.91 Å². The van der Waals surface area contributed by atoms with Crippen molar-refractivity contribution in [1.29, 1.82) is 0 Å². The Morgan fingerprint density at radius 1 is 0.963 bits per heavy atom. The van der Waals surface area contributed by atoms with E-state index in [-0.39, 0.29) is 11.7 Å². The van der Waals surface area contributed by atoms with Crippen LogP contribution in [0.4, 0.5) is 0 Å². The fraction of sp³-hybridized carbons (Fsp3) is 0.455. The van der Waals surface area contributed by atoms with Crippen LogP contribution in [-0.4, -0.2) is 53.2 Å². The summed E-state index contributed by atoms with van der Waals surface area (Å²) in [5, 5.41) is 0. The first kappa shape index (κ1) is 17.1. The average molecular weight is 381 g/mol. The molecule has 0 spiro atoms. The number of thiophene rings is 1. The molecule has 0 N–H and O–H groups in total. The molecule has 2 aromatic rings. The van der Waals surface area contributed by atoms with Crippen molar-refractivity contribution < 1.29 is 9.59 Å². The number of hydrogen-bond acceptors (Lipinski definition) is 4. The molecular weight excluding hydrogens is 356 g/mol. The van der Waals surface area contributed by atoms with Crippen LogP contribution in [0.3, 0.4) is 0 Å². The lowest BCUT2D eigenvalue weighted by molar-refractivity contribution is -0.00325. The number of Topliss-reactive ketones (excluding diaryl/α,β-unsaturated/α-hetero) is 1. The van der Waals surface area contributed by atoms with E-state index in [9.17, 15) is 9.59 Å². The zero-order chi connectivity index (χ0) is 18.5. The molecule has 2 bridgehead atoms. The summed E-state index contributed by atoms with van der Waals surface area (Å²) in [7, 11) is 0. The number of nitrogens with zero attached hydrogens (tertiary/aromatic N) is 2. The van der Waals surface area contributed by atoms with Crippen LogP contribution in [0.2, 0.25) is 0 Å². The summed E-state index contributed by atoms with van der Waals surface area (Å²) in [5.41, 5.74) is 1.34. The van der Waals surface area contributed by atoms with Crippen LogP contribution in [0.5, 0.6) is 0 Å². The van der Waals surface area contributed by atoms with Gasteiger partial charge in [-0.1, -0.05) is 30.3 Å². The van der Waals surface area contributed by atoms with E-state index < -0.39 is 0 Å². The number of ketones is 1. The molecule has 4 fully saturated rings. The van der Waals surface area contributed by atoms with Gasteiger partial charge in [-0.3, -0.25) is 14.5 Å². The molecule has 1 aromatic heterocycles. The van der Waals surface area contributed by atoms with E-state index in [4.69, 9.17) is 0 Å². The number of amides is 1. The van der Waals surface area contributed by atoms with Crippen LogP contribution in [0.15, 0.2) is 42.5 Å². The molecule has 4 nitrogen and oxygen atoms in total. The van der Waals surface area contributed by atoms with Crippen molar-refractivity contribution in [2.24, 2.45) is 5.92 Å². The highest BCUT2D eigenvalue weighted by Gasteiger charge is 2.54. The van der Waals surface area contributed by atoms with Crippen LogP contribution >= 0.6 is 11.3 Å². The summed E-state index contributed by atoms with van der Waals surface area (Å²) >= 11 is 1.34. The van der Waals surface area contributed by atoms with Crippen LogP contribution in [-0.2, 0) is 0 Å². The van der Waals surface area contributed by atoms with Gasteiger partial charge in [-0.05, 0) is 56.5 Å². The molecule has 0 aliphatic carbocycles. The van der Waals surface area contributed by atoms with E-state index in [1.165, 1.54) is 29.7 Å². The maximum atomic E-state index is 13.4. The molecule has 140 valence electrons. The normalized spacial score (nSPS) is 31.7. The highest BCUT2D eigenvalue weighted by atomic mass is 32.1. The first-order chi connectivity index (χ1) is 13.1. The molecule has 4 aliphatic heterocycles. The maximum Gasteiger partial charge on any atom is 0.264 e. The molecule has 0 radical (unpaired) electrons. The van der Waals surface area contributed by atoms with Crippen molar-refractivity contribution in [2.45, 2.75) is 37.8 Å². The van der Waals surface area contributed by atoms with Gasteiger partial charge in [0.2, 0.25) is 0 Å². The van der Waals surface area contributed by atoms with Gasteiger partial charge in [0.1, 0.15) is 0 Å². The van der Waals surface area contributed by atoms with Crippen molar-refractivity contribution in [3.05, 3.63) is 57.8 Å². The smallest absolute Gasteiger partial charge is 0.264 e. The fourth-order valence-corrected chi connectivity index (χ4v) is 6.29. The van der Waals surface area contributed by atoms with Gasteiger partial charge in [0.15, 0.2) is 5.78 Å². The van der Waals surface area contributed by atoms with Crippen LogP contribution in [0.1, 0.15) is 50.6 Å². The van der Waals surface area contributed by atoms with Gasteiger partial charge in [0, 0.05) is 18.5 Å². The van der Waals surface area contributed by atoms with Gasteiger partial charge in [-0.15, -0.1) is 11.3 Å². The van der Waals surface area contributed by atoms with Crippen molar-refractivity contribution in [3.63, 3.8) is 0 Å². The van der Waals surface area contributed by atoms with E-state index in [0.29, 0.717) is 33.7 Å². The Hall–Kier alpha value is -1.98. The predicted molar refractivity (Wildman–Crippen MR) is 106 cm³/mol. The Bertz CT molecular complexity index is 869. The van der Waals surface area contributed by atoms with E-state index in [1.54, 1.807) is 13.0 Å². The number of carbonyl (C=O) groups excluding carboxylic acids is 2. The molecule has 4 aliphatic rings. The third-order valence-corrected chi connectivity index (χ3v) is 7.82. The maximum absolute atomic E-state index is 13.4. The zero-order valence-electron chi connectivity index (χ0n) is 15.5. The Labute approximate surface area is 163 Å². The second-order valence-corrected chi connectivity index (χ2v) is 9.13. The number of rotatable bonds is 3. The highest BCUT2D eigenvalue weighted by molar-refractivity contribution is 7.15. The summed E-state index contributed by atoms with van der Waals surface area (Å²) in [6.45, 7) is 4.65. The van der Waals surface area contributed by atoms with Gasteiger partial charge in [-0.25, -0.2) is 0 Å². The molecule has 0 unspecified atom stereocenters. The fourth-order valence-electron chi connectivity index (χ4n) is 5.43. The molecule has 5 heterocycles. The minimum Gasteiger partial charge on any atom is -0.332 e. The highest BCUT2D eigenvalue weighted by Crippen LogP contribution is 2.47. The molecule has 0 saturated carbocycles. The molecular formula is C22H24N2O2S. The lowest BCUT2D eigenvalue weighted by atomic mass is 9.75. The molecule has 3 atom stereocenters. The summed E-state index contributed by atoms with van der Waals surface area (Å²) in [6.07, 6.45) is 2.38. The number of hydrogen-bond donors (Lipinski definition) is 0. The number of fused-ring (bicyclic) bond motifs is 2. The summed E-state index contributed by atoms with van der Waals surface area (Å²) in [5.74, 6) is 1.11. The molecule has 4 saturated heterocycles. The Balaban J connectivity index is 1.50. The third-order valence-electron chi connectivity index (χ3n) is 6.65. The van der Waals surface area contributed by atoms with Crippen molar-refractivity contribution >= 4 is 23.0 Å². The summed E-state index contributed by atoms with van der Waals surface area (Å²) in [6, 6.07) is 15.0. The average Bonchev–Trinajstić information content (AvgIpc) is 3.36. The molecule has 6 rings (SSSR count). The predicted octanol–water partition coefficient (Wildman–Crippen LogP) is 3.65. The largest absolute Gasteiger partial charge is 0.332 e. The topological polar surface area (TPSA) is 40.6 Å². The lowest BCUT2D eigenvalue weighted by Gasteiger charge is -2.51. The zero-order valence-corrected chi connectivity index (χ0v) is 16.3. The number of benzene rings is 1. The molecule has 1 amide bonds. The summed E-state index contributed by atoms with van der Waals surface area (Å²) in [4.78, 5) is 31.2.